The molecule has 6 heteroatoms. The molecular formula is C13H19N3O2S. The van der Waals surface area contributed by atoms with Crippen molar-refractivity contribution in [3.05, 3.63) is 24.3 Å². The van der Waals surface area contributed by atoms with Gasteiger partial charge in [0.25, 0.3) is 0 Å². The van der Waals surface area contributed by atoms with Crippen molar-refractivity contribution >= 4 is 15.7 Å². The normalized spacial score (nSPS) is 29.3. The van der Waals surface area contributed by atoms with Crippen LogP contribution in [0, 0.1) is 11.8 Å². The first kappa shape index (κ1) is 12.9. The Labute approximate surface area is 114 Å². The van der Waals surface area contributed by atoms with Crippen molar-refractivity contribution in [1.82, 2.24) is 9.62 Å². The first-order valence-electron chi connectivity index (χ1n) is 6.50. The van der Waals surface area contributed by atoms with Gasteiger partial charge < -0.3 is 10.6 Å². The number of fused-ring (bicyclic) bond motifs is 1. The zero-order valence-electron chi connectivity index (χ0n) is 11.1. The molecule has 19 heavy (non-hydrogen) atoms. The van der Waals surface area contributed by atoms with E-state index >= 15 is 0 Å². The number of hydrogen-bond donors (Lipinski definition) is 2. The molecule has 0 aromatic heterocycles. The Bertz CT molecular complexity index is 575. The minimum absolute atomic E-state index is 0.359. The summed E-state index contributed by atoms with van der Waals surface area (Å²) in [6.07, 6.45) is 0. The second-order valence-corrected chi connectivity index (χ2v) is 7.56. The van der Waals surface area contributed by atoms with E-state index in [1.807, 2.05) is 12.1 Å². The average Bonchev–Trinajstić information content (AvgIpc) is 2.83. The number of piperidine rings is 1. The fourth-order valence-electron chi connectivity index (χ4n) is 2.82. The highest BCUT2D eigenvalue weighted by molar-refractivity contribution is 7.89. The summed E-state index contributed by atoms with van der Waals surface area (Å²) >= 11 is 0. The maximum Gasteiger partial charge on any atom is 0.244 e. The van der Waals surface area contributed by atoms with Gasteiger partial charge in [-0.3, -0.25) is 0 Å². The summed E-state index contributed by atoms with van der Waals surface area (Å²) in [6.45, 7) is 2.07. The predicted octanol–water partition coefficient (Wildman–Crippen LogP) is 0.567. The van der Waals surface area contributed by atoms with Gasteiger partial charge in [0.15, 0.2) is 0 Å². The van der Waals surface area contributed by atoms with Crippen LogP contribution < -0.4 is 10.6 Å². The molecule has 1 aliphatic carbocycles. The van der Waals surface area contributed by atoms with Crippen LogP contribution in [0.25, 0.3) is 0 Å². The lowest BCUT2D eigenvalue weighted by atomic mass is 10.3. The van der Waals surface area contributed by atoms with Crippen LogP contribution in [0.3, 0.4) is 0 Å². The fraction of sp³-hybridized carbons (Fsp3) is 0.538. The monoisotopic (exact) mass is 281 g/mol. The van der Waals surface area contributed by atoms with Gasteiger partial charge in [0.05, 0.1) is 5.69 Å². The van der Waals surface area contributed by atoms with E-state index < -0.39 is 10.0 Å². The van der Waals surface area contributed by atoms with Crippen LogP contribution in [0.15, 0.2) is 29.2 Å². The molecule has 3 rings (SSSR count). The number of hydrogen-bond acceptors (Lipinski definition) is 4. The topological polar surface area (TPSA) is 61.4 Å². The predicted molar refractivity (Wildman–Crippen MR) is 74.6 cm³/mol. The lowest BCUT2D eigenvalue weighted by molar-refractivity contribution is 0.521. The maximum absolute atomic E-state index is 12.3. The standard InChI is InChI=1S/C13H19N3O2S/c1-16(2)19(17,18)12-6-4-3-5-11(12)15-13-9-7-14-8-10(9)13/h3-6,9-10,13-15H,7-8H2,1-2H3. The summed E-state index contributed by atoms with van der Waals surface area (Å²) in [5.74, 6) is 1.30. The quantitative estimate of drug-likeness (QED) is 0.847. The van der Waals surface area contributed by atoms with Crippen LogP contribution in [-0.4, -0.2) is 45.9 Å². The number of sulfonamides is 1. The van der Waals surface area contributed by atoms with Crippen molar-refractivity contribution in [2.24, 2.45) is 11.8 Å². The van der Waals surface area contributed by atoms with E-state index in [0.717, 1.165) is 18.8 Å². The van der Waals surface area contributed by atoms with Gasteiger partial charge in [0.1, 0.15) is 4.90 Å². The molecule has 0 bridgehead atoms. The van der Waals surface area contributed by atoms with Crippen molar-refractivity contribution in [3.8, 4) is 0 Å². The van der Waals surface area contributed by atoms with Crippen LogP contribution >= 0.6 is 0 Å². The summed E-state index contributed by atoms with van der Waals surface area (Å²) in [5, 5.41) is 6.74. The third kappa shape index (κ3) is 2.13. The van der Waals surface area contributed by atoms with E-state index in [1.54, 1.807) is 26.2 Å². The molecule has 1 aliphatic heterocycles. The molecule has 104 valence electrons. The van der Waals surface area contributed by atoms with Gasteiger partial charge in [-0.25, -0.2) is 12.7 Å². The van der Waals surface area contributed by atoms with Crippen molar-refractivity contribution < 1.29 is 8.42 Å². The first-order chi connectivity index (χ1) is 9.01. The summed E-state index contributed by atoms with van der Waals surface area (Å²) < 4.78 is 25.8. The Morgan fingerprint density at radius 2 is 1.84 bits per heavy atom. The SMILES string of the molecule is CN(C)S(=O)(=O)c1ccccc1NC1C2CNCC21. The average molecular weight is 281 g/mol. The molecule has 1 saturated heterocycles. The second kappa shape index (κ2) is 4.47. The van der Waals surface area contributed by atoms with Crippen molar-refractivity contribution in [3.63, 3.8) is 0 Å². The van der Waals surface area contributed by atoms with Crippen LogP contribution in [-0.2, 0) is 10.0 Å². The molecule has 1 heterocycles. The van der Waals surface area contributed by atoms with E-state index in [-0.39, 0.29) is 0 Å². The molecule has 0 radical (unpaired) electrons. The van der Waals surface area contributed by atoms with Crippen molar-refractivity contribution in [2.75, 3.05) is 32.5 Å². The zero-order chi connectivity index (χ0) is 13.6. The smallest absolute Gasteiger partial charge is 0.244 e. The van der Waals surface area contributed by atoms with Gasteiger partial charge in [-0.2, -0.15) is 0 Å². The van der Waals surface area contributed by atoms with Crippen molar-refractivity contribution in [2.45, 2.75) is 10.9 Å². The number of benzene rings is 1. The molecule has 0 spiro atoms. The van der Waals surface area contributed by atoms with Crippen LogP contribution in [0.5, 0.6) is 0 Å². The lowest BCUT2D eigenvalue weighted by Crippen LogP contribution is -2.25. The summed E-state index contributed by atoms with van der Waals surface area (Å²) in [4.78, 5) is 0.359. The van der Waals surface area contributed by atoms with E-state index in [4.69, 9.17) is 0 Å². The Balaban J connectivity index is 1.86. The molecule has 2 aliphatic rings. The molecule has 1 aromatic rings. The Hall–Kier alpha value is -1.11. The van der Waals surface area contributed by atoms with E-state index in [1.165, 1.54) is 4.31 Å². The van der Waals surface area contributed by atoms with E-state index in [2.05, 4.69) is 10.6 Å². The van der Waals surface area contributed by atoms with Gasteiger partial charge in [0.2, 0.25) is 10.0 Å². The Kier molecular flexibility index (Phi) is 3.03. The molecule has 2 atom stereocenters. The number of rotatable bonds is 4. The fourth-order valence-corrected chi connectivity index (χ4v) is 3.87. The number of nitrogens with one attached hydrogen (secondary N) is 2. The highest BCUT2D eigenvalue weighted by atomic mass is 32.2. The molecule has 5 nitrogen and oxygen atoms in total. The Morgan fingerprint density at radius 3 is 2.47 bits per heavy atom. The number of anilines is 1. The minimum atomic E-state index is -3.39. The molecular weight excluding hydrogens is 262 g/mol. The Morgan fingerprint density at radius 1 is 1.21 bits per heavy atom. The maximum atomic E-state index is 12.3. The minimum Gasteiger partial charge on any atom is -0.381 e. The van der Waals surface area contributed by atoms with Gasteiger partial charge in [-0.1, -0.05) is 12.1 Å². The number of nitrogens with zero attached hydrogens (tertiary/aromatic N) is 1. The first-order valence-corrected chi connectivity index (χ1v) is 7.94. The summed E-state index contributed by atoms with van der Waals surface area (Å²) in [6, 6.07) is 7.55. The van der Waals surface area contributed by atoms with Gasteiger partial charge in [-0.05, 0) is 24.0 Å². The van der Waals surface area contributed by atoms with Crippen molar-refractivity contribution in [1.29, 1.82) is 0 Å². The second-order valence-electron chi connectivity index (χ2n) is 5.44. The van der Waals surface area contributed by atoms with Gasteiger partial charge in [0, 0.05) is 33.2 Å². The molecule has 2 N–H and O–H groups in total. The highest BCUT2D eigenvalue weighted by Gasteiger charge is 2.53. The van der Waals surface area contributed by atoms with Gasteiger partial charge >= 0.3 is 0 Å². The molecule has 1 aromatic carbocycles. The zero-order valence-corrected chi connectivity index (χ0v) is 11.9. The van der Waals surface area contributed by atoms with Gasteiger partial charge in [-0.15, -0.1) is 0 Å². The van der Waals surface area contributed by atoms with Crippen LogP contribution in [0.4, 0.5) is 5.69 Å². The van der Waals surface area contributed by atoms with Crippen LogP contribution in [0.2, 0.25) is 0 Å². The highest BCUT2D eigenvalue weighted by Crippen LogP contribution is 2.44. The lowest BCUT2D eigenvalue weighted by Gasteiger charge is -2.17. The van der Waals surface area contributed by atoms with E-state index in [9.17, 15) is 8.42 Å². The third-order valence-corrected chi connectivity index (χ3v) is 5.93. The third-order valence-electron chi connectivity index (χ3n) is 4.06. The molecule has 0 amide bonds. The molecule has 2 fully saturated rings. The summed E-state index contributed by atoms with van der Waals surface area (Å²) in [5.41, 5.74) is 0.718. The van der Waals surface area contributed by atoms with Crippen LogP contribution in [0.1, 0.15) is 0 Å². The number of para-hydroxylation sites is 1. The molecule has 1 saturated carbocycles. The molecule has 2 unspecified atom stereocenters. The van der Waals surface area contributed by atoms with E-state index in [0.29, 0.717) is 22.8 Å². The largest absolute Gasteiger partial charge is 0.381 e. The summed E-state index contributed by atoms with van der Waals surface area (Å²) in [7, 11) is -0.279.